The largest absolute Gasteiger partial charge is 0.343 e. The van der Waals surface area contributed by atoms with Crippen LogP contribution in [0, 0.1) is 0 Å². The maximum atomic E-state index is 12.8. The van der Waals surface area contributed by atoms with Crippen LogP contribution in [0.5, 0.6) is 0 Å². The minimum atomic E-state index is -0.908. The number of carbonyl (C=O) groups excluding carboxylic acids is 5. The molecule has 0 saturated carbocycles. The highest BCUT2D eigenvalue weighted by molar-refractivity contribution is 6.38. The Labute approximate surface area is 204 Å². The number of likely N-dealkylation sites (N-methyl/N-ethyl adjacent to an activating group) is 1. The maximum Gasteiger partial charge on any atom is 0.290 e. The zero-order chi connectivity index (χ0) is 25.4. The molecule has 1 saturated heterocycles. The monoisotopic (exact) mass is 481 g/mol. The quantitative estimate of drug-likeness (QED) is 0.485. The van der Waals surface area contributed by atoms with Crippen molar-refractivity contribution in [2.45, 2.75) is 39.2 Å². The lowest BCUT2D eigenvalue weighted by molar-refractivity contribution is -0.144. The summed E-state index contributed by atoms with van der Waals surface area (Å²) in [4.78, 5) is 70.0. The number of nitrogens with one attached hydrogen (secondary N) is 2. The van der Waals surface area contributed by atoms with Crippen LogP contribution in [0.25, 0.3) is 10.9 Å². The van der Waals surface area contributed by atoms with E-state index in [0.717, 1.165) is 6.42 Å². The zero-order valence-corrected chi connectivity index (χ0v) is 20.1. The first-order valence-electron chi connectivity index (χ1n) is 11.9. The Bertz CT molecular complexity index is 1110. The van der Waals surface area contributed by atoms with E-state index >= 15 is 0 Å². The molecule has 35 heavy (non-hydrogen) atoms. The molecule has 1 atom stereocenters. The standard InChI is InChI=1S/C25H31N5O5/c1-3-13-29(4-2)21(31)15-28-25(35)23(33)20-10-7-14-30(20)22(32)16-27-24(34)18-11-12-26-19-9-6-5-8-17(18)19/h5-6,8-9,11-12,20H,3-4,7,10,13-16H2,1-2H3,(H,27,34)(H,28,35)/t20-/m0/s1. The van der Waals surface area contributed by atoms with Crippen molar-refractivity contribution in [3.63, 3.8) is 0 Å². The fraction of sp³-hybridized carbons (Fsp3) is 0.440. The summed E-state index contributed by atoms with van der Waals surface area (Å²) in [6, 6.07) is 7.86. The van der Waals surface area contributed by atoms with Crippen molar-refractivity contribution in [1.29, 1.82) is 0 Å². The fourth-order valence-corrected chi connectivity index (χ4v) is 4.22. The average molecular weight is 482 g/mol. The first kappa shape index (κ1) is 25.8. The lowest BCUT2D eigenvalue weighted by Crippen LogP contribution is -2.50. The smallest absolute Gasteiger partial charge is 0.290 e. The van der Waals surface area contributed by atoms with Gasteiger partial charge in [0.05, 0.1) is 24.2 Å². The molecule has 1 aromatic carbocycles. The van der Waals surface area contributed by atoms with Crippen LogP contribution in [0.4, 0.5) is 0 Å². The number of aromatic nitrogens is 1. The van der Waals surface area contributed by atoms with Crippen molar-refractivity contribution in [2.75, 3.05) is 32.7 Å². The number of rotatable bonds is 10. The Morgan fingerprint density at radius 2 is 1.83 bits per heavy atom. The van der Waals surface area contributed by atoms with Crippen LogP contribution < -0.4 is 10.6 Å². The average Bonchev–Trinajstić information content (AvgIpc) is 3.37. The molecule has 0 radical (unpaired) electrons. The van der Waals surface area contributed by atoms with Gasteiger partial charge in [0.25, 0.3) is 11.8 Å². The first-order chi connectivity index (χ1) is 16.9. The number of pyridine rings is 1. The summed E-state index contributed by atoms with van der Waals surface area (Å²) in [6.45, 7) is 4.63. The minimum absolute atomic E-state index is 0.263. The van der Waals surface area contributed by atoms with Crippen molar-refractivity contribution >= 4 is 40.3 Å². The Morgan fingerprint density at radius 3 is 2.57 bits per heavy atom. The van der Waals surface area contributed by atoms with E-state index in [9.17, 15) is 24.0 Å². The molecule has 1 fully saturated rings. The van der Waals surface area contributed by atoms with Crippen LogP contribution >= 0.6 is 0 Å². The number of nitrogens with zero attached hydrogens (tertiary/aromatic N) is 3. The summed E-state index contributed by atoms with van der Waals surface area (Å²) < 4.78 is 0. The number of ketones is 1. The SMILES string of the molecule is CCCN(CC)C(=O)CNC(=O)C(=O)[C@@H]1CCCN1C(=O)CNC(=O)c1ccnc2ccccc12. The third-order valence-electron chi connectivity index (χ3n) is 6.02. The molecular formula is C25H31N5O5. The molecule has 0 bridgehead atoms. The molecule has 186 valence electrons. The van der Waals surface area contributed by atoms with Gasteiger partial charge in [-0.2, -0.15) is 0 Å². The van der Waals surface area contributed by atoms with Gasteiger partial charge < -0.3 is 20.4 Å². The zero-order valence-electron chi connectivity index (χ0n) is 20.1. The molecule has 1 aromatic heterocycles. The minimum Gasteiger partial charge on any atom is -0.343 e. The van der Waals surface area contributed by atoms with Gasteiger partial charge in [0.15, 0.2) is 0 Å². The predicted molar refractivity (Wildman–Crippen MR) is 129 cm³/mol. The molecule has 2 N–H and O–H groups in total. The molecule has 4 amide bonds. The summed E-state index contributed by atoms with van der Waals surface area (Å²) in [5, 5.41) is 5.66. The number of hydrogen-bond donors (Lipinski definition) is 2. The molecule has 2 heterocycles. The molecule has 0 spiro atoms. The number of carbonyl (C=O) groups is 5. The Balaban J connectivity index is 1.56. The van der Waals surface area contributed by atoms with Gasteiger partial charge in [0.1, 0.15) is 6.04 Å². The van der Waals surface area contributed by atoms with Gasteiger partial charge in [-0.3, -0.25) is 29.0 Å². The van der Waals surface area contributed by atoms with E-state index in [1.54, 1.807) is 29.2 Å². The third kappa shape index (κ3) is 6.20. The van der Waals surface area contributed by atoms with Crippen molar-refractivity contribution in [2.24, 2.45) is 0 Å². The van der Waals surface area contributed by atoms with E-state index in [4.69, 9.17) is 0 Å². The molecule has 0 aliphatic carbocycles. The van der Waals surface area contributed by atoms with E-state index in [2.05, 4.69) is 15.6 Å². The maximum absolute atomic E-state index is 12.8. The second-order valence-corrected chi connectivity index (χ2v) is 8.32. The number of likely N-dealkylation sites (tertiary alicyclic amines) is 1. The molecule has 10 nitrogen and oxygen atoms in total. The molecule has 10 heteroatoms. The highest BCUT2D eigenvalue weighted by Gasteiger charge is 2.37. The van der Waals surface area contributed by atoms with Crippen molar-refractivity contribution < 1.29 is 24.0 Å². The van der Waals surface area contributed by atoms with Crippen LogP contribution in [-0.4, -0.2) is 83.0 Å². The highest BCUT2D eigenvalue weighted by Crippen LogP contribution is 2.19. The Hall–Kier alpha value is -3.82. The number of amides is 4. The van der Waals surface area contributed by atoms with Crippen LogP contribution in [0.3, 0.4) is 0 Å². The van der Waals surface area contributed by atoms with Gasteiger partial charge in [0, 0.05) is 31.2 Å². The van der Waals surface area contributed by atoms with E-state index in [0.29, 0.717) is 48.9 Å². The number of fused-ring (bicyclic) bond motifs is 1. The molecule has 1 aliphatic heterocycles. The van der Waals surface area contributed by atoms with E-state index < -0.39 is 29.5 Å². The van der Waals surface area contributed by atoms with Gasteiger partial charge >= 0.3 is 0 Å². The van der Waals surface area contributed by atoms with Gasteiger partial charge in [-0.1, -0.05) is 25.1 Å². The van der Waals surface area contributed by atoms with E-state index in [1.165, 1.54) is 11.1 Å². The highest BCUT2D eigenvalue weighted by atomic mass is 16.2. The summed E-state index contributed by atoms with van der Waals surface area (Å²) in [5.41, 5.74) is 1.06. The van der Waals surface area contributed by atoms with Crippen molar-refractivity contribution in [3.8, 4) is 0 Å². The summed E-state index contributed by atoms with van der Waals surface area (Å²) in [5.74, 6) is -2.78. The van der Waals surface area contributed by atoms with Crippen LogP contribution in [0.2, 0.25) is 0 Å². The summed E-state index contributed by atoms with van der Waals surface area (Å²) in [6.07, 6.45) is 3.24. The molecule has 3 rings (SSSR count). The van der Waals surface area contributed by atoms with Gasteiger partial charge in [-0.05, 0) is 38.3 Å². The normalized spacial score (nSPS) is 15.0. The lowest BCUT2D eigenvalue weighted by atomic mass is 10.1. The molecule has 2 aromatic rings. The number of Topliss-reactive ketones (excluding diaryl/α,β-unsaturated/α-hetero) is 1. The van der Waals surface area contributed by atoms with Crippen LogP contribution in [0.15, 0.2) is 36.5 Å². The van der Waals surface area contributed by atoms with Crippen LogP contribution in [-0.2, 0) is 19.2 Å². The topological polar surface area (TPSA) is 129 Å². The van der Waals surface area contributed by atoms with Gasteiger partial charge in [-0.15, -0.1) is 0 Å². The van der Waals surface area contributed by atoms with E-state index in [-0.39, 0.29) is 19.0 Å². The summed E-state index contributed by atoms with van der Waals surface area (Å²) >= 11 is 0. The number of hydrogen-bond acceptors (Lipinski definition) is 6. The Morgan fingerprint density at radius 1 is 1.06 bits per heavy atom. The Kier molecular flexibility index (Phi) is 8.88. The van der Waals surface area contributed by atoms with Crippen molar-refractivity contribution in [3.05, 3.63) is 42.1 Å². The molecular weight excluding hydrogens is 450 g/mol. The number of benzene rings is 1. The number of para-hydroxylation sites is 1. The first-order valence-corrected chi connectivity index (χ1v) is 11.9. The predicted octanol–water partition coefficient (Wildman–Crippen LogP) is 0.899. The third-order valence-corrected chi connectivity index (χ3v) is 6.02. The second kappa shape index (κ2) is 12.0. The molecule has 0 unspecified atom stereocenters. The van der Waals surface area contributed by atoms with Gasteiger partial charge in [0.2, 0.25) is 17.6 Å². The van der Waals surface area contributed by atoms with Crippen molar-refractivity contribution in [1.82, 2.24) is 25.4 Å². The van der Waals surface area contributed by atoms with Crippen LogP contribution in [0.1, 0.15) is 43.5 Å². The molecule has 1 aliphatic rings. The van der Waals surface area contributed by atoms with E-state index in [1.807, 2.05) is 19.9 Å². The lowest BCUT2D eigenvalue weighted by Gasteiger charge is -2.24. The second-order valence-electron chi connectivity index (χ2n) is 8.32. The summed E-state index contributed by atoms with van der Waals surface area (Å²) in [7, 11) is 0. The fourth-order valence-electron chi connectivity index (χ4n) is 4.22. The van der Waals surface area contributed by atoms with Gasteiger partial charge in [-0.25, -0.2) is 0 Å².